The summed E-state index contributed by atoms with van der Waals surface area (Å²) in [6.45, 7) is 2.44. The van der Waals surface area contributed by atoms with E-state index in [0.717, 1.165) is 5.56 Å². The van der Waals surface area contributed by atoms with Crippen LogP contribution in [-0.4, -0.2) is 37.8 Å². The van der Waals surface area contributed by atoms with Gasteiger partial charge in [0.2, 0.25) is 0 Å². The lowest BCUT2D eigenvalue weighted by atomic mass is 10.2. The Balaban J connectivity index is 1.68. The Morgan fingerprint density at radius 2 is 1.75 bits per heavy atom. The summed E-state index contributed by atoms with van der Waals surface area (Å²) in [5.41, 5.74) is 1.01. The van der Waals surface area contributed by atoms with Gasteiger partial charge in [-0.25, -0.2) is 13.2 Å². The van der Waals surface area contributed by atoms with Crippen molar-refractivity contribution >= 4 is 15.9 Å². The average molecular weight is 345 g/mol. The first kappa shape index (κ1) is 16.5. The van der Waals surface area contributed by atoms with E-state index >= 15 is 0 Å². The minimum atomic E-state index is -3.44. The molecular weight excluding hydrogens is 326 g/mol. The van der Waals surface area contributed by atoms with Crippen LogP contribution in [0.25, 0.3) is 0 Å². The van der Waals surface area contributed by atoms with Crippen molar-refractivity contribution in [2.24, 2.45) is 0 Å². The maximum absolute atomic E-state index is 12.7. The van der Waals surface area contributed by atoms with Crippen LogP contribution >= 0.6 is 0 Å². The predicted octanol–water partition coefficient (Wildman–Crippen LogP) is 3.04. The van der Waals surface area contributed by atoms with E-state index in [4.69, 9.17) is 4.74 Å². The van der Waals surface area contributed by atoms with Gasteiger partial charge >= 0.3 is 6.09 Å². The van der Waals surface area contributed by atoms with Gasteiger partial charge in [-0.1, -0.05) is 35.9 Å². The minimum Gasteiger partial charge on any atom is -0.410 e. The second-order valence-electron chi connectivity index (χ2n) is 5.90. The van der Waals surface area contributed by atoms with Crippen LogP contribution in [0.1, 0.15) is 12.0 Å². The summed E-state index contributed by atoms with van der Waals surface area (Å²) in [7, 11) is -3.44. The summed E-state index contributed by atoms with van der Waals surface area (Å²) in [6, 6.07) is 15.6. The zero-order chi connectivity index (χ0) is 17.2. The first-order valence-corrected chi connectivity index (χ1v) is 9.34. The Kier molecular flexibility index (Phi) is 4.57. The molecule has 1 atom stereocenters. The summed E-state index contributed by atoms with van der Waals surface area (Å²) >= 11 is 0. The summed E-state index contributed by atoms with van der Waals surface area (Å²) in [6.07, 6.45) is -0.0945. The molecule has 1 amide bonds. The van der Waals surface area contributed by atoms with Crippen molar-refractivity contribution in [2.75, 3.05) is 13.1 Å². The van der Waals surface area contributed by atoms with E-state index in [1.54, 1.807) is 48.5 Å². The van der Waals surface area contributed by atoms with Crippen molar-refractivity contribution in [2.45, 2.75) is 23.5 Å². The molecule has 0 saturated carbocycles. The van der Waals surface area contributed by atoms with Crippen molar-refractivity contribution in [1.29, 1.82) is 0 Å². The van der Waals surface area contributed by atoms with Gasteiger partial charge in [0.1, 0.15) is 5.75 Å². The quantitative estimate of drug-likeness (QED) is 0.858. The van der Waals surface area contributed by atoms with Gasteiger partial charge in [0.25, 0.3) is 0 Å². The fourth-order valence-electron chi connectivity index (χ4n) is 2.72. The van der Waals surface area contributed by atoms with E-state index in [2.05, 4.69) is 0 Å². The van der Waals surface area contributed by atoms with Gasteiger partial charge in [-0.05, 0) is 37.6 Å². The van der Waals surface area contributed by atoms with E-state index < -0.39 is 21.2 Å². The number of hydrogen-bond donors (Lipinski definition) is 0. The van der Waals surface area contributed by atoms with Crippen LogP contribution in [-0.2, 0) is 9.84 Å². The SMILES string of the molecule is Cc1ccc(S(=O)(=O)C2CCN(C(=O)Oc3ccccc3)C2)cc1. The monoisotopic (exact) mass is 345 g/mol. The molecule has 3 rings (SSSR count). The maximum Gasteiger partial charge on any atom is 0.415 e. The van der Waals surface area contributed by atoms with Gasteiger partial charge in [0.05, 0.1) is 10.1 Å². The van der Waals surface area contributed by atoms with Gasteiger partial charge in [-0.3, -0.25) is 0 Å². The van der Waals surface area contributed by atoms with Crippen molar-refractivity contribution in [3.63, 3.8) is 0 Å². The number of likely N-dealkylation sites (tertiary alicyclic amines) is 1. The van der Waals surface area contributed by atoms with E-state index in [0.29, 0.717) is 23.6 Å². The van der Waals surface area contributed by atoms with Crippen LogP contribution in [0.2, 0.25) is 0 Å². The molecule has 5 nitrogen and oxygen atoms in total. The third-order valence-electron chi connectivity index (χ3n) is 4.14. The van der Waals surface area contributed by atoms with E-state index in [9.17, 15) is 13.2 Å². The third kappa shape index (κ3) is 3.43. The normalized spacial score (nSPS) is 17.7. The van der Waals surface area contributed by atoms with Crippen LogP contribution in [0.15, 0.2) is 59.5 Å². The Labute approximate surface area is 141 Å². The molecule has 0 spiro atoms. The highest BCUT2D eigenvalue weighted by molar-refractivity contribution is 7.92. The molecule has 1 aliphatic heterocycles. The second kappa shape index (κ2) is 6.65. The van der Waals surface area contributed by atoms with Crippen molar-refractivity contribution in [1.82, 2.24) is 4.90 Å². The van der Waals surface area contributed by atoms with Crippen LogP contribution < -0.4 is 4.74 Å². The highest BCUT2D eigenvalue weighted by Gasteiger charge is 2.36. The Morgan fingerprint density at radius 1 is 1.08 bits per heavy atom. The molecule has 126 valence electrons. The number of hydrogen-bond acceptors (Lipinski definition) is 4. The number of sulfone groups is 1. The van der Waals surface area contributed by atoms with Crippen molar-refractivity contribution < 1.29 is 17.9 Å². The summed E-state index contributed by atoms with van der Waals surface area (Å²) < 4.78 is 30.7. The number of amides is 1. The van der Waals surface area contributed by atoms with Crippen LogP contribution in [0, 0.1) is 6.92 Å². The fourth-order valence-corrected chi connectivity index (χ4v) is 4.41. The molecule has 0 aromatic heterocycles. The van der Waals surface area contributed by atoms with E-state index in [1.165, 1.54) is 4.90 Å². The van der Waals surface area contributed by atoms with Gasteiger partial charge in [-0.15, -0.1) is 0 Å². The van der Waals surface area contributed by atoms with Gasteiger partial charge in [0, 0.05) is 13.1 Å². The fraction of sp³-hybridized carbons (Fsp3) is 0.278. The zero-order valence-corrected chi connectivity index (χ0v) is 14.2. The molecule has 1 fully saturated rings. The number of ether oxygens (including phenoxy) is 1. The minimum absolute atomic E-state index is 0.155. The molecular formula is C18H19NO4S. The predicted molar refractivity (Wildman–Crippen MR) is 90.8 cm³/mol. The molecule has 1 heterocycles. The number of nitrogens with zero attached hydrogens (tertiary/aromatic N) is 1. The lowest BCUT2D eigenvalue weighted by molar-refractivity contribution is 0.163. The highest BCUT2D eigenvalue weighted by atomic mass is 32.2. The lowest BCUT2D eigenvalue weighted by Crippen LogP contribution is -2.34. The molecule has 0 radical (unpaired) electrons. The molecule has 2 aromatic carbocycles. The molecule has 1 saturated heterocycles. The zero-order valence-electron chi connectivity index (χ0n) is 13.4. The Bertz CT molecular complexity index is 816. The average Bonchev–Trinajstić information content (AvgIpc) is 3.07. The number of benzene rings is 2. The van der Waals surface area contributed by atoms with Gasteiger partial charge < -0.3 is 9.64 Å². The molecule has 2 aromatic rings. The second-order valence-corrected chi connectivity index (χ2v) is 8.12. The molecule has 0 bridgehead atoms. The molecule has 1 aliphatic rings. The van der Waals surface area contributed by atoms with E-state index in [1.807, 2.05) is 13.0 Å². The van der Waals surface area contributed by atoms with Crippen molar-refractivity contribution in [3.8, 4) is 5.75 Å². The highest BCUT2D eigenvalue weighted by Crippen LogP contribution is 2.25. The molecule has 0 N–H and O–H groups in total. The molecule has 0 aliphatic carbocycles. The first-order valence-electron chi connectivity index (χ1n) is 7.79. The number of carbonyl (C=O) groups excluding carboxylic acids is 1. The molecule has 6 heteroatoms. The summed E-state index contributed by atoms with van der Waals surface area (Å²) in [5.74, 6) is 0.451. The molecule has 1 unspecified atom stereocenters. The maximum atomic E-state index is 12.7. The standard InChI is InChI=1S/C18H19NO4S/c1-14-7-9-16(10-8-14)24(21,22)17-11-12-19(13-17)18(20)23-15-5-3-2-4-6-15/h2-10,17H,11-13H2,1H3. The Morgan fingerprint density at radius 3 is 2.42 bits per heavy atom. The van der Waals surface area contributed by atoms with Gasteiger partial charge in [0.15, 0.2) is 9.84 Å². The summed E-state index contributed by atoms with van der Waals surface area (Å²) in [4.78, 5) is 13.9. The van der Waals surface area contributed by atoms with Crippen LogP contribution in [0.4, 0.5) is 4.79 Å². The number of aryl methyl sites for hydroxylation is 1. The smallest absolute Gasteiger partial charge is 0.410 e. The molecule has 24 heavy (non-hydrogen) atoms. The van der Waals surface area contributed by atoms with Gasteiger partial charge in [-0.2, -0.15) is 0 Å². The van der Waals surface area contributed by atoms with Crippen LogP contribution in [0.3, 0.4) is 0 Å². The van der Waals surface area contributed by atoms with Crippen molar-refractivity contribution in [3.05, 3.63) is 60.2 Å². The number of rotatable bonds is 3. The number of carbonyl (C=O) groups is 1. The lowest BCUT2D eigenvalue weighted by Gasteiger charge is -2.16. The Hall–Kier alpha value is -2.34. The van der Waals surface area contributed by atoms with E-state index in [-0.39, 0.29) is 6.54 Å². The summed E-state index contributed by atoms with van der Waals surface area (Å²) in [5, 5.41) is -0.594. The number of para-hydroxylation sites is 1. The van der Waals surface area contributed by atoms with Crippen LogP contribution in [0.5, 0.6) is 5.75 Å². The largest absolute Gasteiger partial charge is 0.415 e. The third-order valence-corrected chi connectivity index (χ3v) is 6.33. The topological polar surface area (TPSA) is 63.7 Å². The first-order chi connectivity index (χ1) is 11.5.